The van der Waals surface area contributed by atoms with Gasteiger partial charge in [0.25, 0.3) is 23.5 Å². The molecule has 2 aromatic rings. The van der Waals surface area contributed by atoms with Crippen LogP contribution >= 0.6 is 23.5 Å². The molecule has 0 bridgehead atoms. The van der Waals surface area contributed by atoms with Crippen molar-refractivity contribution in [1.29, 1.82) is 5.26 Å². The third-order valence-corrected chi connectivity index (χ3v) is 8.93. The second-order valence-electron chi connectivity index (χ2n) is 7.21. The van der Waals surface area contributed by atoms with E-state index in [1.165, 1.54) is 10.6 Å². The molecule has 180 valence electrons. The van der Waals surface area contributed by atoms with E-state index in [0.717, 1.165) is 6.33 Å². The average Bonchev–Trinajstić information content (AvgIpc) is 2.96. The summed E-state index contributed by atoms with van der Waals surface area (Å²) in [6, 6.07) is 5.03. The molecule has 2 aromatic heterocycles. The van der Waals surface area contributed by atoms with Gasteiger partial charge in [0.15, 0.2) is 5.82 Å². The van der Waals surface area contributed by atoms with E-state index in [1.807, 2.05) is 6.07 Å². The lowest BCUT2D eigenvalue weighted by Gasteiger charge is -2.33. The summed E-state index contributed by atoms with van der Waals surface area (Å²) in [5.74, 6) is 0.130. The molecule has 3 heterocycles. The van der Waals surface area contributed by atoms with Gasteiger partial charge >= 0.3 is 0 Å². The SMILES string of the molecule is N#C[C@]12C[C@@]1(O)[C@@H](COP(=O)([O-])OP(=O)([O-])OP(=O)([O-])O)O[C@H]2c1ccc2c(N)ncnn12. The van der Waals surface area contributed by atoms with Crippen molar-refractivity contribution in [3.63, 3.8) is 0 Å². The van der Waals surface area contributed by atoms with Gasteiger partial charge in [-0.25, -0.2) is 18.1 Å². The van der Waals surface area contributed by atoms with E-state index in [-0.39, 0.29) is 12.2 Å². The highest BCUT2D eigenvalue weighted by Gasteiger charge is 2.81. The van der Waals surface area contributed by atoms with Crippen LogP contribution in [0.1, 0.15) is 18.2 Å². The highest BCUT2D eigenvalue weighted by atomic mass is 31.3. The quantitative estimate of drug-likeness (QED) is 0.310. The van der Waals surface area contributed by atoms with Gasteiger partial charge in [-0.05, 0) is 12.1 Å². The number of nitrogens with two attached hydrogens (primary N) is 1. The Hall–Kier alpha value is -1.76. The van der Waals surface area contributed by atoms with Crippen molar-refractivity contribution < 1.29 is 56.3 Å². The summed E-state index contributed by atoms with van der Waals surface area (Å²) in [7, 11) is -17.8. The van der Waals surface area contributed by atoms with E-state index in [1.54, 1.807) is 6.07 Å². The Bertz CT molecular complexity index is 1310. The van der Waals surface area contributed by atoms with E-state index in [2.05, 4.69) is 23.2 Å². The predicted octanol–water partition coefficient (Wildman–Crippen LogP) is -2.16. The Morgan fingerprint density at radius 1 is 1.30 bits per heavy atom. The number of nitrogen functional groups attached to an aromatic ring is 1. The number of hydrogen-bond donors (Lipinski definition) is 3. The van der Waals surface area contributed by atoms with Gasteiger partial charge in [-0.1, -0.05) is 0 Å². The molecule has 2 fully saturated rings. The molecule has 33 heavy (non-hydrogen) atoms. The number of nitrogens with zero attached hydrogens (tertiary/aromatic N) is 4. The Labute approximate surface area is 183 Å². The fraction of sp³-hybridized carbons (Fsp3) is 0.462. The van der Waals surface area contributed by atoms with Gasteiger partial charge in [0.05, 0.1) is 18.4 Å². The molecule has 0 radical (unpaired) electrons. The van der Waals surface area contributed by atoms with Gasteiger partial charge in [-0.3, -0.25) is 13.7 Å². The molecule has 7 atom stereocenters. The summed E-state index contributed by atoms with van der Waals surface area (Å²) < 4.78 is 51.7. The molecule has 0 amide bonds. The third-order valence-electron chi connectivity index (χ3n) is 5.24. The second kappa shape index (κ2) is 7.62. The smallest absolute Gasteiger partial charge is 0.280 e. The molecule has 1 saturated heterocycles. The topological polar surface area (TPSA) is 278 Å². The van der Waals surface area contributed by atoms with Crippen LogP contribution in [0.4, 0.5) is 5.82 Å². The number of rotatable bonds is 8. The highest BCUT2D eigenvalue weighted by Crippen LogP contribution is 2.71. The average molecular weight is 524 g/mol. The number of anilines is 1. The fourth-order valence-corrected chi connectivity index (χ4v) is 6.69. The molecule has 0 aromatic carbocycles. The first-order valence-corrected chi connectivity index (χ1v) is 13.2. The van der Waals surface area contributed by atoms with Crippen molar-refractivity contribution in [2.45, 2.75) is 24.2 Å². The summed E-state index contributed by atoms with van der Waals surface area (Å²) in [6.45, 7) is -1.01. The molecule has 0 spiro atoms. The minimum atomic E-state index is -6.08. The number of aliphatic hydroxyl groups is 1. The Balaban J connectivity index is 1.53. The monoisotopic (exact) mass is 524 g/mol. The highest BCUT2D eigenvalue weighted by molar-refractivity contribution is 7.65. The van der Waals surface area contributed by atoms with Crippen LogP contribution in [0.15, 0.2) is 18.5 Å². The van der Waals surface area contributed by atoms with Crippen LogP contribution in [0.25, 0.3) is 5.52 Å². The molecule has 1 aliphatic heterocycles. The molecule has 3 unspecified atom stereocenters. The minimum absolute atomic E-state index is 0.130. The van der Waals surface area contributed by atoms with Crippen molar-refractivity contribution in [3.05, 3.63) is 24.2 Å². The number of fused-ring (bicyclic) bond motifs is 2. The Morgan fingerprint density at radius 2 is 2.00 bits per heavy atom. The van der Waals surface area contributed by atoms with E-state index >= 15 is 0 Å². The summed E-state index contributed by atoms with van der Waals surface area (Å²) in [5, 5.41) is 24.6. The second-order valence-corrected chi connectivity index (χ2v) is 11.5. The van der Waals surface area contributed by atoms with Crippen molar-refractivity contribution in [3.8, 4) is 6.07 Å². The summed E-state index contributed by atoms with van der Waals surface area (Å²) in [6.07, 6.45) is -1.55. The zero-order valence-electron chi connectivity index (χ0n) is 16.0. The summed E-state index contributed by atoms with van der Waals surface area (Å²) in [4.78, 5) is 45.8. The van der Waals surface area contributed by atoms with Gasteiger partial charge in [-0.2, -0.15) is 10.4 Å². The molecule has 4 N–H and O–H groups in total. The zero-order valence-corrected chi connectivity index (χ0v) is 18.7. The van der Waals surface area contributed by atoms with Gasteiger partial charge < -0.3 is 39.7 Å². The Kier molecular flexibility index (Phi) is 5.63. The maximum atomic E-state index is 11.8. The van der Waals surface area contributed by atoms with Crippen molar-refractivity contribution >= 4 is 34.8 Å². The van der Waals surface area contributed by atoms with E-state index in [4.69, 9.17) is 15.4 Å². The van der Waals surface area contributed by atoms with Crippen molar-refractivity contribution in [2.24, 2.45) is 5.41 Å². The largest absolute Gasteiger partial charge is 0.756 e. The molecule has 17 nitrogen and oxygen atoms in total. The standard InChI is InChI=1S/C13H16N5O12P3/c14-5-12-4-13(12,19)9(3-27-32(23,24)30-33(25,26)29-31(20,21)22)28-10(12)7-1-2-8-11(15)16-6-17-18(7)8/h1-2,6,9-10,19H,3-4H2,(H,23,24)(H,25,26)(H2,15,16,17)(H2,20,21,22)/p-3/t9-,10+,12+,13-/m1/s1. The lowest BCUT2D eigenvalue weighted by Crippen LogP contribution is -2.33. The lowest BCUT2D eigenvalue weighted by atomic mass is 9.95. The number of aromatic nitrogens is 3. The van der Waals surface area contributed by atoms with Crippen molar-refractivity contribution in [2.75, 3.05) is 12.3 Å². The van der Waals surface area contributed by atoms with Crippen LogP contribution in [0.2, 0.25) is 0 Å². The lowest BCUT2D eigenvalue weighted by molar-refractivity contribution is -0.250. The molecule has 1 aliphatic carbocycles. The number of phosphoric acid groups is 3. The maximum Gasteiger partial charge on any atom is 0.280 e. The van der Waals surface area contributed by atoms with E-state index < -0.39 is 53.3 Å². The van der Waals surface area contributed by atoms with Crippen LogP contribution in [0, 0.1) is 16.7 Å². The fourth-order valence-electron chi connectivity index (χ4n) is 3.81. The van der Waals surface area contributed by atoms with Gasteiger partial charge in [0.2, 0.25) is 0 Å². The van der Waals surface area contributed by atoms with Gasteiger partial charge in [0.1, 0.15) is 35.1 Å². The first kappa shape index (κ1) is 24.4. The molecule has 2 aliphatic rings. The van der Waals surface area contributed by atoms with Crippen LogP contribution in [-0.2, 0) is 31.6 Å². The summed E-state index contributed by atoms with van der Waals surface area (Å²) in [5.41, 5.74) is 3.08. The first-order valence-electron chi connectivity index (χ1n) is 8.73. The van der Waals surface area contributed by atoms with Crippen LogP contribution in [0.5, 0.6) is 0 Å². The zero-order chi connectivity index (χ0) is 24.4. The molecule has 1 saturated carbocycles. The van der Waals surface area contributed by atoms with Crippen LogP contribution < -0.4 is 20.4 Å². The number of nitriles is 1. The third kappa shape index (κ3) is 4.26. The van der Waals surface area contributed by atoms with Crippen molar-refractivity contribution in [1.82, 2.24) is 14.6 Å². The van der Waals surface area contributed by atoms with Gasteiger partial charge in [0, 0.05) is 6.42 Å². The number of ether oxygens (including phenoxy) is 1. The molecule has 4 rings (SSSR count). The van der Waals surface area contributed by atoms with Crippen LogP contribution in [-0.4, -0.2) is 42.9 Å². The normalized spacial score (nSPS) is 34.1. The molecule has 20 heteroatoms. The van der Waals surface area contributed by atoms with E-state index in [0.29, 0.717) is 11.2 Å². The number of hydrogen-bond acceptors (Lipinski definition) is 15. The number of phosphoric ester groups is 1. The molecular weight excluding hydrogens is 511 g/mol. The maximum absolute atomic E-state index is 11.8. The van der Waals surface area contributed by atoms with E-state index in [9.17, 15) is 38.7 Å². The predicted molar refractivity (Wildman–Crippen MR) is 95.8 cm³/mol. The van der Waals surface area contributed by atoms with Gasteiger partial charge in [-0.15, -0.1) is 0 Å². The Morgan fingerprint density at radius 3 is 2.64 bits per heavy atom. The molecular formula is C13H13N5O12P3-3. The van der Waals surface area contributed by atoms with Crippen LogP contribution in [0.3, 0.4) is 0 Å². The minimum Gasteiger partial charge on any atom is -0.756 e. The first-order chi connectivity index (χ1) is 15.1. The summed E-state index contributed by atoms with van der Waals surface area (Å²) >= 11 is 0.